The van der Waals surface area contributed by atoms with Gasteiger partial charge in [-0.25, -0.2) is 0 Å². The normalized spacial score (nSPS) is 10.2. The van der Waals surface area contributed by atoms with Crippen LogP contribution in [0.5, 0.6) is 11.6 Å². The number of nitrogens with one attached hydrogen (secondary N) is 1. The van der Waals surface area contributed by atoms with E-state index < -0.39 is 4.92 Å². The van der Waals surface area contributed by atoms with Gasteiger partial charge in [-0.2, -0.15) is 0 Å². The Morgan fingerprint density at radius 2 is 2.24 bits per heavy atom. The van der Waals surface area contributed by atoms with E-state index >= 15 is 0 Å². The Bertz CT molecular complexity index is 568. The zero-order valence-corrected chi connectivity index (χ0v) is 9.56. The summed E-state index contributed by atoms with van der Waals surface area (Å²) in [6.45, 7) is 1.84. The molecule has 0 aliphatic rings. The average Bonchev–Trinajstić information content (AvgIpc) is 2.63. The lowest BCUT2D eigenvalue weighted by Gasteiger charge is -2.02. The van der Waals surface area contributed by atoms with E-state index in [-0.39, 0.29) is 10.7 Å². The number of rotatable bonds is 3. The molecular weight excluding hydrogens is 246 g/mol. The van der Waals surface area contributed by atoms with Crippen molar-refractivity contribution in [3.8, 4) is 11.6 Å². The number of hydrogen-bond donors (Lipinski definition) is 1. The van der Waals surface area contributed by atoms with Gasteiger partial charge < -0.3 is 4.74 Å². The number of nitrogens with zero attached hydrogens (tertiary/aromatic N) is 2. The number of benzene rings is 1. The molecule has 0 unspecified atom stereocenters. The lowest BCUT2D eigenvalue weighted by atomic mass is 10.3. The third-order valence-corrected chi connectivity index (χ3v) is 2.32. The SMILES string of the molecule is Cc1cc(Oc2ccc([N+](=O)[O-])c(Cl)c2)n[nH]1. The number of hydrogen-bond acceptors (Lipinski definition) is 4. The van der Waals surface area contributed by atoms with E-state index in [1.54, 1.807) is 6.07 Å². The first-order chi connectivity index (χ1) is 8.06. The van der Waals surface area contributed by atoms with Crippen molar-refractivity contribution in [3.63, 3.8) is 0 Å². The van der Waals surface area contributed by atoms with Crippen molar-refractivity contribution >= 4 is 17.3 Å². The topological polar surface area (TPSA) is 81.1 Å². The van der Waals surface area contributed by atoms with Gasteiger partial charge in [0.05, 0.1) is 4.92 Å². The molecule has 1 aromatic heterocycles. The summed E-state index contributed by atoms with van der Waals surface area (Å²) in [5, 5.41) is 17.2. The summed E-state index contributed by atoms with van der Waals surface area (Å²) in [6.07, 6.45) is 0. The van der Waals surface area contributed by atoms with E-state index in [4.69, 9.17) is 16.3 Å². The molecule has 2 aromatic rings. The minimum atomic E-state index is -0.551. The minimum absolute atomic E-state index is 0.0276. The van der Waals surface area contributed by atoms with E-state index in [1.807, 2.05) is 6.92 Å². The predicted molar refractivity (Wildman–Crippen MR) is 61.5 cm³/mol. The number of nitro benzene ring substituents is 1. The van der Waals surface area contributed by atoms with Crippen molar-refractivity contribution < 1.29 is 9.66 Å². The molecule has 6 nitrogen and oxygen atoms in total. The second kappa shape index (κ2) is 4.42. The molecule has 0 spiro atoms. The van der Waals surface area contributed by atoms with E-state index in [9.17, 15) is 10.1 Å². The number of nitro groups is 1. The van der Waals surface area contributed by atoms with Crippen LogP contribution in [-0.4, -0.2) is 15.1 Å². The summed E-state index contributed by atoms with van der Waals surface area (Å²) < 4.78 is 5.37. The zero-order valence-electron chi connectivity index (χ0n) is 8.81. The molecule has 0 saturated carbocycles. The van der Waals surface area contributed by atoms with E-state index in [2.05, 4.69) is 10.2 Å². The second-order valence-electron chi connectivity index (χ2n) is 3.36. The van der Waals surface area contributed by atoms with Crippen LogP contribution in [0.2, 0.25) is 5.02 Å². The van der Waals surface area contributed by atoms with Crippen LogP contribution in [0, 0.1) is 17.0 Å². The van der Waals surface area contributed by atoms with Crippen molar-refractivity contribution in [1.82, 2.24) is 10.2 Å². The number of ether oxygens (including phenoxy) is 1. The summed E-state index contributed by atoms with van der Waals surface area (Å²) >= 11 is 5.75. The molecule has 0 fully saturated rings. The van der Waals surface area contributed by atoms with Crippen LogP contribution in [-0.2, 0) is 0 Å². The molecule has 0 saturated heterocycles. The van der Waals surface area contributed by atoms with Crippen LogP contribution < -0.4 is 4.74 Å². The Morgan fingerprint density at radius 1 is 1.47 bits per heavy atom. The van der Waals surface area contributed by atoms with Crippen LogP contribution in [0.15, 0.2) is 24.3 Å². The highest BCUT2D eigenvalue weighted by atomic mass is 35.5. The molecule has 17 heavy (non-hydrogen) atoms. The van der Waals surface area contributed by atoms with Crippen LogP contribution >= 0.6 is 11.6 Å². The monoisotopic (exact) mass is 253 g/mol. The Labute approximate surface area is 101 Å². The average molecular weight is 254 g/mol. The fourth-order valence-electron chi connectivity index (χ4n) is 1.27. The molecule has 1 aromatic carbocycles. The maximum Gasteiger partial charge on any atom is 0.288 e. The van der Waals surface area contributed by atoms with Crippen molar-refractivity contribution in [2.24, 2.45) is 0 Å². The quantitative estimate of drug-likeness (QED) is 0.673. The molecule has 1 N–H and O–H groups in total. The van der Waals surface area contributed by atoms with Crippen LogP contribution in [0.25, 0.3) is 0 Å². The smallest absolute Gasteiger partial charge is 0.288 e. The third-order valence-electron chi connectivity index (χ3n) is 2.02. The Morgan fingerprint density at radius 3 is 2.76 bits per heavy atom. The van der Waals surface area contributed by atoms with Crippen molar-refractivity contribution in [1.29, 1.82) is 0 Å². The molecule has 2 rings (SSSR count). The summed E-state index contributed by atoms with van der Waals surface area (Å²) in [5.74, 6) is 0.777. The van der Waals surface area contributed by atoms with Gasteiger partial charge in [0.2, 0.25) is 5.88 Å². The number of halogens is 1. The molecule has 0 atom stereocenters. The standard InChI is InChI=1S/C10H8ClN3O3/c1-6-4-10(13-12-6)17-7-2-3-9(14(15)16)8(11)5-7/h2-5H,1H3,(H,12,13). The summed E-state index contributed by atoms with van der Waals surface area (Å²) in [7, 11) is 0. The van der Waals surface area contributed by atoms with Gasteiger partial charge in [-0.1, -0.05) is 11.6 Å². The van der Waals surface area contributed by atoms with Gasteiger partial charge in [-0.15, -0.1) is 5.10 Å². The van der Waals surface area contributed by atoms with Gasteiger partial charge in [0.25, 0.3) is 5.69 Å². The largest absolute Gasteiger partial charge is 0.437 e. The number of aryl methyl sites for hydroxylation is 1. The van der Waals surface area contributed by atoms with E-state index in [0.717, 1.165) is 5.69 Å². The van der Waals surface area contributed by atoms with Gasteiger partial charge in [-0.3, -0.25) is 15.2 Å². The lowest BCUT2D eigenvalue weighted by molar-refractivity contribution is -0.384. The molecule has 88 valence electrons. The molecule has 0 aliphatic carbocycles. The fraction of sp³-hybridized carbons (Fsp3) is 0.100. The highest BCUT2D eigenvalue weighted by Crippen LogP contribution is 2.30. The summed E-state index contributed by atoms with van der Waals surface area (Å²) in [5.41, 5.74) is 0.699. The van der Waals surface area contributed by atoms with Crippen molar-refractivity contribution in [2.45, 2.75) is 6.92 Å². The van der Waals surface area contributed by atoms with Gasteiger partial charge in [0.15, 0.2) is 0 Å². The van der Waals surface area contributed by atoms with Crippen LogP contribution in [0.1, 0.15) is 5.69 Å². The Kier molecular flexibility index (Phi) is 2.97. The Hall–Kier alpha value is -2.08. The first-order valence-electron chi connectivity index (χ1n) is 4.70. The van der Waals surface area contributed by atoms with Gasteiger partial charge in [0, 0.05) is 23.9 Å². The van der Waals surface area contributed by atoms with E-state index in [0.29, 0.717) is 11.6 Å². The lowest BCUT2D eigenvalue weighted by Crippen LogP contribution is -1.90. The fourth-order valence-corrected chi connectivity index (χ4v) is 1.50. The third kappa shape index (κ3) is 2.54. The maximum absolute atomic E-state index is 10.6. The molecule has 7 heteroatoms. The number of aromatic amines is 1. The molecule has 0 amide bonds. The van der Waals surface area contributed by atoms with E-state index in [1.165, 1.54) is 18.2 Å². The molecule has 0 aliphatic heterocycles. The van der Waals surface area contributed by atoms with Gasteiger partial charge >= 0.3 is 0 Å². The first-order valence-corrected chi connectivity index (χ1v) is 5.08. The second-order valence-corrected chi connectivity index (χ2v) is 3.77. The first kappa shape index (κ1) is 11.4. The molecule has 0 bridgehead atoms. The van der Waals surface area contributed by atoms with Crippen molar-refractivity contribution in [3.05, 3.63) is 45.1 Å². The predicted octanol–water partition coefficient (Wildman–Crippen LogP) is 3.07. The minimum Gasteiger partial charge on any atom is -0.437 e. The summed E-state index contributed by atoms with van der Waals surface area (Å²) in [4.78, 5) is 10.0. The summed E-state index contributed by atoms with van der Waals surface area (Å²) in [6, 6.07) is 5.84. The van der Waals surface area contributed by atoms with Crippen LogP contribution in [0.3, 0.4) is 0 Å². The molecular formula is C10H8ClN3O3. The highest BCUT2D eigenvalue weighted by Gasteiger charge is 2.13. The van der Waals surface area contributed by atoms with Crippen LogP contribution in [0.4, 0.5) is 5.69 Å². The van der Waals surface area contributed by atoms with Crippen molar-refractivity contribution in [2.75, 3.05) is 0 Å². The van der Waals surface area contributed by atoms with Gasteiger partial charge in [0.1, 0.15) is 10.8 Å². The molecule has 1 heterocycles. The number of H-pyrrole nitrogens is 1. The maximum atomic E-state index is 10.6. The molecule has 0 radical (unpaired) electrons. The highest BCUT2D eigenvalue weighted by molar-refractivity contribution is 6.32. The van der Waals surface area contributed by atoms with Gasteiger partial charge in [-0.05, 0) is 13.0 Å². The zero-order chi connectivity index (χ0) is 12.4. The Balaban J connectivity index is 2.23. The number of aromatic nitrogens is 2.